The average molecular weight is 447 g/mol. The summed E-state index contributed by atoms with van der Waals surface area (Å²) in [5.74, 6) is 0.566. The smallest absolute Gasteiger partial charge is 0.338 e. The first-order valence-corrected chi connectivity index (χ1v) is 9.74. The van der Waals surface area contributed by atoms with E-state index in [9.17, 15) is 4.79 Å². The summed E-state index contributed by atoms with van der Waals surface area (Å²) < 4.78 is 16.5. The zero-order valence-corrected chi connectivity index (χ0v) is 17.9. The number of methoxy groups -OCH3 is 2. The lowest BCUT2D eigenvalue weighted by molar-refractivity contribution is 0.0297. The number of hydrogen-bond donors (Lipinski definition) is 1. The zero-order valence-electron chi connectivity index (χ0n) is 16.4. The van der Waals surface area contributed by atoms with Crippen LogP contribution in [0.3, 0.4) is 0 Å². The van der Waals surface area contributed by atoms with E-state index in [1.54, 1.807) is 49.6 Å². The lowest BCUT2D eigenvalue weighted by Gasteiger charge is -2.21. The van der Waals surface area contributed by atoms with Gasteiger partial charge in [-0.05, 0) is 47.5 Å². The van der Waals surface area contributed by atoms with Gasteiger partial charge in [0.1, 0.15) is 6.10 Å². The number of nitrogens with two attached hydrogens (primary N) is 1. The Hall–Kier alpha value is -2.96. The van der Waals surface area contributed by atoms with Gasteiger partial charge >= 0.3 is 5.97 Å². The first-order valence-electron chi connectivity index (χ1n) is 8.99. The van der Waals surface area contributed by atoms with Gasteiger partial charge in [-0.25, -0.2) is 4.79 Å². The number of nitrogens with zero attached hydrogens (tertiary/aromatic N) is 1. The lowest BCUT2D eigenvalue weighted by atomic mass is 10.0. The minimum Gasteiger partial charge on any atom is -0.493 e. The first-order chi connectivity index (χ1) is 14.4. The molecule has 0 aliphatic rings. The largest absolute Gasteiger partial charge is 0.493 e. The highest BCUT2D eigenvalue weighted by Crippen LogP contribution is 2.35. The van der Waals surface area contributed by atoms with Gasteiger partial charge in [-0.2, -0.15) is 0 Å². The summed E-state index contributed by atoms with van der Waals surface area (Å²) >= 11 is 12.6. The van der Waals surface area contributed by atoms with Crippen molar-refractivity contribution >= 4 is 34.9 Å². The Labute approximate surface area is 184 Å². The highest BCUT2D eigenvalue weighted by atomic mass is 35.5. The van der Waals surface area contributed by atoms with Gasteiger partial charge in [0.15, 0.2) is 11.5 Å². The van der Waals surface area contributed by atoms with Crippen molar-refractivity contribution in [3.05, 3.63) is 81.6 Å². The molecule has 0 spiro atoms. The van der Waals surface area contributed by atoms with E-state index in [1.807, 2.05) is 0 Å². The molecular weight excluding hydrogens is 427 g/mol. The number of pyridine rings is 1. The van der Waals surface area contributed by atoms with Gasteiger partial charge in [0, 0.05) is 24.5 Å². The summed E-state index contributed by atoms with van der Waals surface area (Å²) in [6.45, 7) is 0. The predicted molar refractivity (Wildman–Crippen MR) is 117 cm³/mol. The monoisotopic (exact) mass is 446 g/mol. The molecule has 1 atom stereocenters. The molecule has 0 saturated heterocycles. The van der Waals surface area contributed by atoms with Crippen LogP contribution in [0.5, 0.6) is 11.5 Å². The van der Waals surface area contributed by atoms with Crippen LogP contribution in [0.1, 0.15) is 27.6 Å². The fraction of sp³-hybridized carbons (Fsp3) is 0.182. The molecule has 8 heteroatoms. The average Bonchev–Trinajstić information content (AvgIpc) is 2.75. The zero-order chi connectivity index (χ0) is 21.7. The van der Waals surface area contributed by atoms with Crippen molar-refractivity contribution in [3.63, 3.8) is 0 Å². The molecule has 1 heterocycles. The number of carbonyl (C=O) groups excluding carboxylic acids is 1. The Morgan fingerprint density at radius 1 is 1.00 bits per heavy atom. The van der Waals surface area contributed by atoms with Crippen LogP contribution in [0.2, 0.25) is 10.0 Å². The molecule has 6 nitrogen and oxygen atoms in total. The third-order valence-corrected chi connectivity index (χ3v) is 5.17. The summed E-state index contributed by atoms with van der Waals surface area (Å²) in [5.41, 5.74) is 7.95. The molecule has 30 heavy (non-hydrogen) atoms. The second-order valence-electron chi connectivity index (χ2n) is 6.42. The fourth-order valence-electron chi connectivity index (χ4n) is 2.92. The Bertz CT molecular complexity index is 1020. The summed E-state index contributed by atoms with van der Waals surface area (Å²) in [6.07, 6.45) is 2.55. The van der Waals surface area contributed by atoms with Crippen LogP contribution in [0.4, 0.5) is 5.69 Å². The van der Waals surface area contributed by atoms with E-state index in [4.69, 9.17) is 43.1 Å². The summed E-state index contributed by atoms with van der Waals surface area (Å²) in [7, 11) is 3.08. The SMILES string of the molecule is COc1ccc([C@H](Cc2c(Cl)cncc2Cl)OC(=O)c2ccc(N)cc2)cc1OC. The lowest BCUT2D eigenvalue weighted by Crippen LogP contribution is -2.15. The molecular formula is C22H20Cl2N2O4. The molecule has 3 aromatic rings. The van der Waals surface area contributed by atoms with E-state index in [0.717, 1.165) is 0 Å². The van der Waals surface area contributed by atoms with Crippen molar-refractivity contribution in [3.8, 4) is 11.5 Å². The van der Waals surface area contributed by atoms with Crippen LogP contribution in [0, 0.1) is 0 Å². The van der Waals surface area contributed by atoms with Crippen molar-refractivity contribution in [1.29, 1.82) is 0 Å². The molecule has 0 bridgehead atoms. The van der Waals surface area contributed by atoms with Crippen molar-refractivity contribution < 1.29 is 19.0 Å². The summed E-state index contributed by atoms with van der Waals surface area (Å²) in [4.78, 5) is 16.8. The molecule has 0 aliphatic carbocycles. The fourth-order valence-corrected chi connectivity index (χ4v) is 3.43. The highest BCUT2D eigenvalue weighted by Gasteiger charge is 2.23. The van der Waals surface area contributed by atoms with Crippen LogP contribution in [0.15, 0.2) is 54.9 Å². The van der Waals surface area contributed by atoms with Crippen LogP contribution in [-0.4, -0.2) is 25.2 Å². The number of nitrogen functional groups attached to an aromatic ring is 1. The molecule has 0 fully saturated rings. The number of benzene rings is 2. The van der Waals surface area contributed by atoms with Crippen LogP contribution < -0.4 is 15.2 Å². The molecule has 2 aromatic carbocycles. The van der Waals surface area contributed by atoms with E-state index in [0.29, 0.717) is 43.9 Å². The second kappa shape index (κ2) is 9.69. The maximum Gasteiger partial charge on any atom is 0.338 e. The van der Waals surface area contributed by atoms with Gasteiger partial charge in [0.05, 0.1) is 29.8 Å². The van der Waals surface area contributed by atoms with E-state index in [1.165, 1.54) is 19.5 Å². The molecule has 2 N–H and O–H groups in total. The van der Waals surface area contributed by atoms with Crippen molar-refractivity contribution in [1.82, 2.24) is 4.98 Å². The maximum absolute atomic E-state index is 12.8. The van der Waals surface area contributed by atoms with E-state index >= 15 is 0 Å². The third kappa shape index (κ3) is 4.96. The first kappa shape index (κ1) is 21.7. The Balaban J connectivity index is 1.98. The van der Waals surface area contributed by atoms with Gasteiger partial charge in [-0.3, -0.25) is 4.98 Å². The molecule has 156 valence electrons. The molecule has 0 saturated carbocycles. The van der Waals surface area contributed by atoms with Gasteiger partial charge < -0.3 is 19.9 Å². The maximum atomic E-state index is 12.8. The number of esters is 1. The quantitative estimate of drug-likeness (QED) is 0.400. The number of rotatable bonds is 7. The number of halogens is 2. The van der Waals surface area contributed by atoms with Crippen LogP contribution in [-0.2, 0) is 11.2 Å². The number of carbonyl (C=O) groups is 1. The minimum absolute atomic E-state index is 0.246. The van der Waals surface area contributed by atoms with Crippen molar-refractivity contribution in [2.24, 2.45) is 0 Å². The summed E-state index contributed by atoms with van der Waals surface area (Å²) in [5, 5.41) is 0.771. The van der Waals surface area contributed by atoms with Crippen LogP contribution in [0.25, 0.3) is 0 Å². The van der Waals surface area contributed by atoms with Crippen molar-refractivity contribution in [2.45, 2.75) is 12.5 Å². The predicted octanol–water partition coefficient (Wildman–Crippen LogP) is 5.13. The third-order valence-electron chi connectivity index (χ3n) is 4.52. The van der Waals surface area contributed by atoms with Crippen LogP contribution >= 0.6 is 23.2 Å². The second-order valence-corrected chi connectivity index (χ2v) is 7.23. The van der Waals surface area contributed by atoms with Gasteiger partial charge in [-0.15, -0.1) is 0 Å². The molecule has 1 aromatic heterocycles. The standard InChI is InChI=1S/C22H20Cl2N2O4/c1-28-19-8-5-14(9-21(19)29-2)20(10-16-17(23)11-26-12-18(16)24)30-22(27)13-3-6-15(25)7-4-13/h3-9,11-12,20H,10,25H2,1-2H3/t20-/m0/s1. The topological polar surface area (TPSA) is 83.7 Å². The molecule has 0 aliphatic heterocycles. The molecule has 0 radical (unpaired) electrons. The minimum atomic E-state index is -0.688. The van der Waals surface area contributed by atoms with E-state index in [2.05, 4.69) is 4.98 Å². The molecule has 3 rings (SSSR count). The Morgan fingerprint density at radius 3 is 2.23 bits per heavy atom. The van der Waals surface area contributed by atoms with Gasteiger partial charge in [-0.1, -0.05) is 29.3 Å². The number of hydrogen-bond acceptors (Lipinski definition) is 6. The summed E-state index contributed by atoms with van der Waals surface area (Å²) in [6, 6.07) is 11.8. The Kier molecular flexibility index (Phi) is 7.03. The van der Waals surface area contributed by atoms with Gasteiger partial charge in [0.25, 0.3) is 0 Å². The number of aromatic nitrogens is 1. The van der Waals surface area contributed by atoms with Gasteiger partial charge in [0.2, 0.25) is 0 Å². The molecule has 0 unspecified atom stereocenters. The number of ether oxygens (including phenoxy) is 3. The van der Waals surface area contributed by atoms with E-state index < -0.39 is 12.1 Å². The highest BCUT2D eigenvalue weighted by molar-refractivity contribution is 6.35. The number of anilines is 1. The normalized spacial score (nSPS) is 11.6. The van der Waals surface area contributed by atoms with Crippen molar-refractivity contribution in [2.75, 3.05) is 20.0 Å². The Morgan fingerprint density at radius 2 is 1.63 bits per heavy atom. The van der Waals surface area contributed by atoms with E-state index in [-0.39, 0.29) is 6.42 Å². The molecule has 0 amide bonds.